The van der Waals surface area contributed by atoms with E-state index in [1.54, 1.807) is 0 Å². The average Bonchev–Trinajstić information content (AvgIpc) is 2.43. The number of nitrogens with zero attached hydrogens (tertiary/aromatic N) is 3. The van der Waals surface area contributed by atoms with Crippen molar-refractivity contribution in [3.63, 3.8) is 0 Å². The molecule has 0 atom stereocenters. The fourth-order valence-electron chi connectivity index (χ4n) is 2.15. The molecule has 0 bridgehead atoms. The molecule has 0 fully saturated rings. The summed E-state index contributed by atoms with van der Waals surface area (Å²) in [5, 5.41) is 14.3. The minimum atomic E-state index is -0.448. The lowest BCUT2D eigenvalue weighted by Gasteiger charge is -2.08. The van der Waals surface area contributed by atoms with Crippen molar-refractivity contribution in [3.8, 4) is 11.3 Å². The summed E-state index contributed by atoms with van der Waals surface area (Å²) in [6, 6.07) is 5.81. The Morgan fingerprint density at radius 2 is 1.90 bits per heavy atom. The summed E-state index contributed by atoms with van der Waals surface area (Å²) < 4.78 is 0. The highest BCUT2D eigenvalue weighted by Gasteiger charge is 2.19. The molecule has 0 radical (unpaired) electrons. The van der Waals surface area contributed by atoms with E-state index in [4.69, 9.17) is 0 Å². The van der Waals surface area contributed by atoms with Crippen LogP contribution in [0.5, 0.6) is 0 Å². The third-order valence-corrected chi connectivity index (χ3v) is 2.99. The highest BCUT2D eigenvalue weighted by Crippen LogP contribution is 2.29. The van der Waals surface area contributed by atoms with Crippen molar-refractivity contribution in [1.29, 1.82) is 0 Å². The van der Waals surface area contributed by atoms with Crippen LogP contribution in [0.15, 0.2) is 24.4 Å². The summed E-state index contributed by atoms with van der Waals surface area (Å²) in [5.74, 6) is 0.414. The number of aromatic nitrogens is 2. The Bertz CT molecular complexity index is 650. The molecule has 6 heteroatoms. The molecule has 0 aliphatic heterocycles. The number of hydrogen-bond donors (Lipinski definition) is 1. The van der Waals surface area contributed by atoms with Gasteiger partial charge < -0.3 is 5.32 Å². The molecule has 1 aromatic heterocycles. The van der Waals surface area contributed by atoms with Crippen LogP contribution in [0.2, 0.25) is 0 Å². The molecule has 0 aliphatic carbocycles. The van der Waals surface area contributed by atoms with Gasteiger partial charge in [0.05, 0.1) is 4.92 Å². The number of hydrogen-bond acceptors (Lipinski definition) is 5. The molecule has 0 spiro atoms. The second kappa shape index (κ2) is 6.30. The van der Waals surface area contributed by atoms with E-state index in [1.165, 1.54) is 6.20 Å². The van der Waals surface area contributed by atoms with E-state index in [9.17, 15) is 10.1 Å². The van der Waals surface area contributed by atoms with Crippen molar-refractivity contribution in [2.75, 3.05) is 11.9 Å². The van der Waals surface area contributed by atoms with Crippen LogP contribution in [0.3, 0.4) is 0 Å². The Hall–Kier alpha value is -2.50. The normalized spacial score (nSPS) is 10.4. The Morgan fingerprint density at radius 1 is 1.24 bits per heavy atom. The molecule has 1 heterocycles. The van der Waals surface area contributed by atoms with Crippen LogP contribution in [-0.2, 0) is 0 Å². The predicted molar refractivity (Wildman–Crippen MR) is 82.4 cm³/mol. The molecule has 0 saturated carbocycles. The van der Waals surface area contributed by atoms with Gasteiger partial charge in [-0.2, -0.15) is 0 Å². The molecule has 0 unspecified atom stereocenters. The van der Waals surface area contributed by atoms with E-state index in [0.29, 0.717) is 11.6 Å². The topological polar surface area (TPSA) is 81.0 Å². The van der Waals surface area contributed by atoms with Crippen LogP contribution in [0, 0.1) is 24.0 Å². The van der Waals surface area contributed by atoms with Gasteiger partial charge in [-0.3, -0.25) is 10.1 Å². The molecule has 6 nitrogen and oxygen atoms in total. The summed E-state index contributed by atoms with van der Waals surface area (Å²) >= 11 is 0. The predicted octanol–water partition coefficient (Wildman–Crippen LogP) is 3.49. The zero-order valence-electron chi connectivity index (χ0n) is 12.4. The van der Waals surface area contributed by atoms with Crippen LogP contribution >= 0.6 is 0 Å². The lowest BCUT2D eigenvalue weighted by atomic mass is 10.0. The number of rotatable bonds is 5. The van der Waals surface area contributed by atoms with Gasteiger partial charge in [-0.05, 0) is 32.4 Å². The molecule has 1 N–H and O–H groups in total. The average molecular weight is 286 g/mol. The SMILES string of the molecule is CCCNc1ncc([N+](=O)[O-])c(-c2cc(C)cc(C)c2)n1. The standard InChI is InChI=1S/C15H18N4O2/c1-4-5-16-15-17-9-13(19(20)21)14(18-15)12-7-10(2)6-11(3)8-12/h6-9H,4-5H2,1-3H3,(H,16,17,18). The monoisotopic (exact) mass is 286 g/mol. The fraction of sp³-hybridized carbons (Fsp3) is 0.333. The van der Waals surface area contributed by atoms with Gasteiger partial charge in [0.25, 0.3) is 0 Å². The van der Waals surface area contributed by atoms with Gasteiger partial charge in [0.2, 0.25) is 5.95 Å². The minimum Gasteiger partial charge on any atom is -0.354 e. The summed E-state index contributed by atoms with van der Waals surface area (Å²) in [6.45, 7) is 6.67. The molecule has 2 rings (SSSR count). The first kappa shape index (κ1) is 14.9. The molecule has 110 valence electrons. The van der Waals surface area contributed by atoms with Crippen LogP contribution < -0.4 is 5.32 Å². The van der Waals surface area contributed by atoms with E-state index in [2.05, 4.69) is 15.3 Å². The van der Waals surface area contributed by atoms with Gasteiger partial charge in [0.15, 0.2) is 5.69 Å². The summed E-state index contributed by atoms with van der Waals surface area (Å²) in [4.78, 5) is 19.1. The van der Waals surface area contributed by atoms with Crippen molar-refractivity contribution in [3.05, 3.63) is 45.6 Å². The van der Waals surface area contributed by atoms with Crippen molar-refractivity contribution >= 4 is 11.6 Å². The Kier molecular flexibility index (Phi) is 4.47. The van der Waals surface area contributed by atoms with Gasteiger partial charge in [0.1, 0.15) is 6.20 Å². The van der Waals surface area contributed by atoms with Gasteiger partial charge in [-0.25, -0.2) is 9.97 Å². The number of nitro groups is 1. The number of nitrogens with one attached hydrogen (secondary N) is 1. The molecule has 1 aromatic carbocycles. The number of aryl methyl sites for hydroxylation is 2. The van der Waals surface area contributed by atoms with E-state index in [0.717, 1.165) is 29.7 Å². The van der Waals surface area contributed by atoms with Crippen LogP contribution in [0.1, 0.15) is 24.5 Å². The van der Waals surface area contributed by atoms with Crippen molar-refractivity contribution in [1.82, 2.24) is 9.97 Å². The van der Waals surface area contributed by atoms with E-state index in [1.807, 2.05) is 39.0 Å². The van der Waals surface area contributed by atoms with Crippen molar-refractivity contribution in [2.45, 2.75) is 27.2 Å². The maximum absolute atomic E-state index is 11.2. The quantitative estimate of drug-likeness (QED) is 0.672. The summed E-state index contributed by atoms with van der Waals surface area (Å²) in [6.07, 6.45) is 2.19. The molecule has 0 aliphatic rings. The third-order valence-electron chi connectivity index (χ3n) is 2.99. The van der Waals surface area contributed by atoms with Crippen LogP contribution in [0.25, 0.3) is 11.3 Å². The maximum atomic E-state index is 11.2. The minimum absolute atomic E-state index is 0.0814. The van der Waals surface area contributed by atoms with Crippen LogP contribution in [0.4, 0.5) is 11.6 Å². The van der Waals surface area contributed by atoms with E-state index in [-0.39, 0.29) is 5.69 Å². The summed E-state index contributed by atoms with van der Waals surface area (Å²) in [7, 11) is 0. The van der Waals surface area contributed by atoms with Crippen molar-refractivity contribution < 1.29 is 4.92 Å². The van der Waals surface area contributed by atoms with Gasteiger partial charge >= 0.3 is 5.69 Å². The highest BCUT2D eigenvalue weighted by atomic mass is 16.6. The second-order valence-electron chi connectivity index (χ2n) is 4.99. The van der Waals surface area contributed by atoms with E-state index < -0.39 is 4.92 Å². The molecule has 0 amide bonds. The lowest BCUT2D eigenvalue weighted by Crippen LogP contribution is -2.06. The molecule has 0 saturated heterocycles. The number of benzene rings is 1. The maximum Gasteiger partial charge on any atom is 0.313 e. The Labute approximate surface area is 123 Å². The Morgan fingerprint density at radius 3 is 2.48 bits per heavy atom. The molecular formula is C15H18N4O2. The lowest BCUT2D eigenvalue weighted by molar-refractivity contribution is -0.384. The van der Waals surface area contributed by atoms with Crippen molar-refractivity contribution in [2.24, 2.45) is 0 Å². The summed E-state index contributed by atoms with van der Waals surface area (Å²) in [5.41, 5.74) is 3.09. The zero-order valence-corrected chi connectivity index (χ0v) is 12.4. The number of anilines is 1. The second-order valence-corrected chi connectivity index (χ2v) is 4.99. The Balaban J connectivity index is 2.54. The first-order valence-electron chi connectivity index (χ1n) is 6.85. The molecule has 2 aromatic rings. The molecular weight excluding hydrogens is 268 g/mol. The van der Waals surface area contributed by atoms with Gasteiger partial charge in [-0.15, -0.1) is 0 Å². The largest absolute Gasteiger partial charge is 0.354 e. The highest BCUT2D eigenvalue weighted by molar-refractivity contribution is 5.71. The smallest absolute Gasteiger partial charge is 0.313 e. The first-order chi connectivity index (χ1) is 10.0. The molecule has 21 heavy (non-hydrogen) atoms. The van der Waals surface area contributed by atoms with Gasteiger partial charge in [-0.1, -0.05) is 24.1 Å². The third kappa shape index (κ3) is 3.53. The van der Waals surface area contributed by atoms with Gasteiger partial charge in [0, 0.05) is 12.1 Å². The first-order valence-corrected chi connectivity index (χ1v) is 6.85. The van der Waals surface area contributed by atoms with E-state index >= 15 is 0 Å². The zero-order chi connectivity index (χ0) is 15.4. The van der Waals surface area contributed by atoms with Crippen LogP contribution in [-0.4, -0.2) is 21.4 Å². The fourth-order valence-corrected chi connectivity index (χ4v) is 2.15.